The third kappa shape index (κ3) is 5.61. The van der Waals surface area contributed by atoms with Crippen molar-refractivity contribution in [2.24, 2.45) is 10.9 Å². The molecule has 2 amide bonds. The van der Waals surface area contributed by atoms with Crippen LogP contribution >= 0.6 is 11.6 Å². The van der Waals surface area contributed by atoms with Gasteiger partial charge in [-0.05, 0) is 54.4 Å². The quantitative estimate of drug-likeness (QED) is 0.227. The first-order valence-electron chi connectivity index (χ1n) is 11.2. The van der Waals surface area contributed by atoms with Crippen molar-refractivity contribution < 1.29 is 9.18 Å². The van der Waals surface area contributed by atoms with Crippen LogP contribution in [0.3, 0.4) is 0 Å². The lowest BCUT2D eigenvalue weighted by Crippen LogP contribution is -2.60. The second-order valence-electron chi connectivity index (χ2n) is 8.55. The number of anilines is 2. The molecule has 0 bridgehead atoms. The number of pyridine rings is 1. The number of nitrogens with zero attached hydrogens (tertiary/aromatic N) is 5. The molecule has 180 valence electrons. The van der Waals surface area contributed by atoms with E-state index in [4.69, 9.17) is 11.6 Å². The van der Waals surface area contributed by atoms with E-state index in [1.807, 2.05) is 17.2 Å². The van der Waals surface area contributed by atoms with Gasteiger partial charge < -0.3 is 20.4 Å². The van der Waals surface area contributed by atoms with E-state index in [9.17, 15) is 14.4 Å². The van der Waals surface area contributed by atoms with Crippen molar-refractivity contribution in [3.8, 4) is 6.19 Å². The number of halogens is 2. The van der Waals surface area contributed by atoms with E-state index in [1.54, 1.807) is 47.4 Å². The SMILES string of the molecule is CC(C)C1CN(C(=O)Nc2ccc(Cl)cc2)CCN1/C(=N\C#N)Nc1cccc2nc(F)ccc12. The fraction of sp³-hybridized carbons (Fsp3) is 0.280. The number of guanidine groups is 1. The molecule has 1 aliphatic heterocycles. The Morgan fingerprint density at radius 3 is 2.66 bits per heavy atom. The molecule has 0 spiro atoms. The summed E-state index contributed by atoms with van der Waals surface area (Å²) >= 11 is 5.93. The van der Waals surface area contributed by atoms with Gasteiger partial charge in [0.05, 0.1) is 17.2 Å². The summed E-state index contributed by atoms with van der Waals surface area (Å²) in [6.45, 7) is 5.49. The fourth-order valence-electron chi connectivity index (χ4n) is 4.13. The minimum atomic E-state index is -0.562. The number of hydrogen-bond acceptors (Lipinski definition) is 4. The summed E-state index contributed by atoms with van der Waals surface area (Å²) in [5.74, 6) is -0.0238. The highest BCUT2D eigenvalue weighted by atomic mass is 35.5. The summed E-state index contributed by atoms with van der Waals surface area (Å²) in [6.07, 6.45) is 1.88. The van der Waals surface area contributed by atoms with Gasteiger partial charge in [0, 0.05) is 35.7 Å². The van der Waals surface area contributed by atoms with Crippen molar-refractivity contribution in [2.75, 3.05) is 30.3 Å². The van der Waals surface area contributed by atoms with Gasteiger partial charge in [-0.25, -0.2) is 9.78 Å². The highest BCUT2D eigenvalue weighted by molar-refractivity contribution is 6.30. The molecule has 3 aromatic rings. The number of carbonyl (C=O) groups excluding carboxylic acids is 1. The maximum atomic E-state index is 13.6. The lowest BCUT2D eigenvalue weighted by molar-refractivity contribution is 0.120. The first kappa shape index (κ1) is 24.2. The number of aromatic nitrogens is 1. The number of rotatable bonds is 3. The molecule has 35 heavy (non-hydrogen) atoms. The summed E-state index contributed by atoms with van der Waals surface area (Å²) in [5.41, 5.74) is 1.82. The molecule has 2 heterocycles. The van der Waals surface area contributed by atoms with Gasteiger partial charge in [0.15, 0.2) is 0 Å². The van der Waals surface area contributed by atoms with E-state index in [2.05, 4.69) is 34.5 Å². The molecule has 2 aromatic carbocycles. The molecule has 4 rings (SSSR count). The summed E-state index contributed by atoms with van der Waals surface area (Å²) in [4.78, 5) is 24.7. The van der Waals surface area contributed by atoms with Gasteiger partial charge in [-0.15, -0.1) is 4.99 Å². The first-order valence-corrected chi connectivity index (χ1v) is 11.6. The van der Waals surface area contributed by atoms with Crippen molar-refractivity contribution in [2.45, 2.75) is 19.9 Å². The molecule has 2 N–H and O–H groups in total. The molecule has 0 radical (unpaired) electrons. The van der Waals surface area contributed by atoms with Crippen LogP contribution < -0.4 is 10.6 Å². The maximum Gasteiger partial charge on any atom is 0.321 e. The topological polar surface area (TPSA) is 96.7 Å². The predicted octanol–water partition coefficient (Wildman–Crippen LogP) is 5.15. The Kier molecular flexibility index (Phi) is 7.32. The number of nitriles is 1. The molecule has 1 saturated heterocycles. The van der Waals surface area contributed by atoms with E-state index in [1.165, 1.54) is 6.07 Å². The number of amides is 2. The largest absolute Gasteiger partial charge is 0.335 e. The summed E-state index contributed by atoms with van der Waals surface area (Å²) < 4.78 is 13.6. The van der Waals surface area contributed by atoms with Crippen LogP contribution in [-0.2, 0) is 0 Å². The van der Waals surface area contributed by atoms with Crippen LogP contribution in [0.1, 0.15) is 13.8 Å². The average Bonchev–Trinajstić information content (AvgIpc) is 2.84. The average molecular weight is 494 g/mol. The van der Waals surface area contributed by atoms with Crippen LogP contribution in [0.4, 0.5) is 20.6 Å². The van der Waals surface area contributed by atoms with Gasteiger partial charge >= 0.3 is 6.03 Å². The first-order chi connectivity index (χ1) is 16.9. The second kappa shape index (κ2) is 10.6. The minimum Gasteiger partial charge on any atom is -0.335 e. The molecule has 0 aliphatic carbocycles. The molecule has 1 unspecified atom stereocenters. The number of benzene rings is 2. The van der Waals surface area contributed by atoms with E-state index in [0.717, 1.165) is 0 Å². The van der Waals surface area contributed by atoms with Crippen LogP contribution in [0.2, 0.25) is 5.02 Å². The zero-order valence-corrected chi connectivity index (χ0v) is 20.1. The van der Waals surface area contributed by atoms with Crippen LogP contribution in [0.15, 0.2) is 59.6 Å². The highest BCUT2D eigenvalue weighted by Crippen LogP contribution is 2.25. The molecule has 10 heteroatoms. The fourth-order valence-corrected chi connectivity index (χ4v) is 4.26. The number of urea groups is 1. The summed E-state index contributed by atoms with van der Waals surface area (Å²) in [7, 11) is 0. The van der Waals surface area contributed by atoms with Gasteiger partial charge in [0.25, 0.3) is 0 Å². The molecule has 1 atom stereocenters. The van der Waals surface area contributed by atoms with E-state index in [0.29, 0.717) is 52.9 Å². The van der Waals surface area contributed by atoms with Crippen molar-refractivity contribution in [1.82, 2.24) is 14.8 Å². The zero-order valence-electron chi connectivity index (χ0n) is 19.4. The Labute approximate surface area is 208 Å². The number of fused-ring (bicyclic) bond motifs is 1. The van der Waals surface area contributed by atoms with E-state index in [-0.39, 0.29) is 18.0 Å². The molecular formula is C25H25ClFN7O. The van der Waals surface area contributed by atoms with Crippen molar-refractivity contribution in [1.29, 1.82) is 5.26 Å². The summed E-state index contributed by atoms with van der Waals surface area (Å²) in [6, 6.07) is 14.9. The third-order valence-electron chi connectivity index (χ3n) is 5.94. The van der Waals surface area contributed by atoms with Crippen LogP contribution in [0.5, 0.6) is 0 Å². The molecule has 0 saturated carbocycles. The van der Waals surface area contributed by atoms with E-state index >= 15 is 0 Å². The maximum absolute atomic E-state index is 13.6. The van der Waals surface area contributed by atoms with Gasteiger partial charge in [-0.3, -0.25) is 0 Å². The van der Waals surface area contributed by atoms with Gasteiger partial charge in [-0.2, -0.15) is 9.65 Å². The molecule has 1 fully saturated rings. The van der Waals surface area contributed by atoms with Crippen LogP contribution in [0, 0.1) is 23.3 Å². The smallest absolute Gasteiger partial charge is 0.321 e. The lowest BCUT2D eigenvalue weighted by Gasteiger charge is -2.44. The molecule has 8 nitrogen and oxygen atoms in total. The summed E-state index contributed by atoms with van der Waals surface area (Å²) in [5, 5.41) is 16.9. The number of piperazine rings is 1. The van der Waals surface area contributed by atoms with Crippen molar-refractivity contribution in [3.05, 3.63) is 65.6 Å². The number of carbonyl (C=O) groups is 1. The highest BCUT2D eigenvalue weighted by Gasteiger charge is 2.34. The Hall–Kier alpha value is -3.90. The number of hydrogen-bond donors (Lipinski definition) is 2. The molecule has 1 aliphatic rings. The van der Waals surface area contributed by atoms with Gasteiger partial charge in [-0.1, -0.05) is 31.5 Å². The number of aliphatic imine (C=N–C) groups is 1. The lowest BCUT2D eigenvalue weighted by atomic mass is 10.00. The Bertz CT molecular complexity index is 1290. The molecule has 1 aromatic heterocycles. The van der Waals surface area contributed by atoms with Crippen LogP contribution in [-0.4, -0.2) is 52.5 Å². The van der Waals surface area contributed by atoms with Gasteiger partial charge in [0.1, 0.15) is 0 Å². The zero-order chi connectivity index (χ0) is 24.9. The predicted molar refractivity (Wildman–Crippen MR) is 136 cm³/mol. The number of nitrogens with one attached hydrogen (secondary N) is 2. The van der Waals surface area contributed by atoms with Crippen molar-refractivity contribution in [3.63, 3.8) is 0 Å². The van der Waals surface area contributed by atoms with Gasteiger partial charge in [0.2, 0.25) is 18.1 Å². The minimum absolute atomic E-state index is 0.0927. The second-order valence-corrected chi connectivity index (χ2v) is 8.99. The van der Waals surface area contributed by atoms with Crippen molar-refractivity contribution >= 4 is 45.9 Å². The standard InChI is InChI=1S/C25H25ClFN7O/c1-16(2)22-14-33(25(35)30-18-8-6-17(26)7-9-18)12-13-34(22)24(29-15-28)32-21-5-3-4-20-19(21)10-11-23(27)31-20/h3-11,16,22H,12-14H2,1-2H3,(H,29,32)(H,30,35). The third-order valence-corrected chi connectivity index (χ3v) is 6.20. The van der Waals surface area contributed by atoms with Crippen LogP contribution in [0.25, 0.3) is 10.9 Å². The van der Waals surface area contributed by atoms with E-state index < -0.39 is 5.95 Å². The Morgan fingerprint density at radius 1 is 1.17 bits per heavy atom. The monoisotopic (exact) mass is 493 g/mol. The molecular weight excluding hydrogens is 469 g/mol. The Balaban J connectivity index is 1.54. The Morgan fingerprint density at radius 2 is 1.94 bits per heavy atom. The normalized spacial score (nSPS) is 16.3.